The lowest BCUT2D eigenvalue weighted by Gasteiger charge is -2.21. The Labute approximate surface area is 142 Å². The molecule has 0 unspecified atom stereocenters. The van der Waals surface area contributed by atoms with E-state index in [0.717, 1.165) is 25.1 Å². The molecule has 0 spiro atoms. The molecule has 0 saturated carbocycles. The summed E-state index contributed by atoms with van der Waals surface area (Å²) in [7, 11) is -5.64. The van der Waals surface area contributed by atoms with Crippen LogP contribution in [0, 0.1) is 10.1 Å². The van der Waals surface area contributed by atoms with E-state index in [-0.39, 0.29) is 11.7 Å². The number of nitrogens with zero attached hydrogens (tertiary/aromatic N) is 2. The van der Waals surface area contributed by atoms with Crippen molar-refractivity contribution in [1.29, 1.82) is 0 Å². The smallest absolute Gasteiger partial charge is 0.375 e. The van der Waals surface area contributed by atoms with E-state index in [0.29, 0.717) is 18.7 Å². The van der Waals surface area contributed by atoms with Gasteiger partial charge in [0.05, 0.1) is 9.82 Å². The summed E-state index contributed by atoms with van der Waals surface area (Å²) in [6.07, 6.45) is 0.720. The van der Waals surface area contributed by atoms with Crippen LogP contribution in [0.5, 0.6) is 0 Å². The van der Waals surface area contributed by atoms with Gasteiger partial charge in [-0.1, -0.05) is 0 Å². The first-order valence-corrected chi connectivity index (χ1v) is 9.02. The minimum atomic E-state index is -5.64. The molecule has 1 N–H and O–H groups in total. The van der Waals surface area contributed by atoms with Crippen LogP contribution in [-0.2, 0) is 9.84 Å². The molecule has 1 atom stereocenters. The van der Waals surface area contributed by atoms with Gasteiger partial charge in [0.25, 0.3) is 15.5 Å². The van der Waals surface area contributed by atoms with Gasteiger partial charge in [0.2, 0.25) is 0 Å². The van der Waals surface area contributed by atoms with Gasteiger partial charge in [-0.2, -0.15) is 13.2 Å². The van der Waals surface area contributed by atoms with Gasteiger partial charge in [0.1, 0.15) is 5.69 Å². The molecule has 1 heterocycles. The molecule has 0 amide bonds. The summed E-state index contributed by atoms with van der Waals surface area (Å²) < 4.78 is 60.7. The Morgan fingerprint density at radius 2 is 2.00 bits per heavy atom. The Morgan fingerprint density at radius 3 is 2.48 bits per heavy atom. The highest BCUT2D eigenvalue weighted by Gasteiger charge is 2.47. The van der Waals surface area contributed by atoms with E-state index in [9.17, 15) is 31.7 Å². The minimum absolute atomic E-state index is 0.00160. The van der Waals surface area contributed by atoms with E-state index in [2.05, 4.69) is 10.2 Å². The standard InChI is InChI=1S/C14H18F3N3O4S/c1-9(2)19-6-5-10(8-19)18-12-4-3-11(7-13(12)20(21)22)25(23,24)14(15,16)17/h3-4,7,9-10,18H,5-6,8H2,1-2H3/t10-/m0/s1. The lowest BCUT2D eigenvalue weighted by molar-refractivity contribution is -0.384. The van der Waals surface area contributed by atoms with Crippen molar-refractivity contribution in [3.05, 3.63) is 28.3 Å². The number of anilines is 1. The lowest BCUT2D eigenvalue weighted by Crippen LogP contribution is -2.31. The van der Waals surface area contributed by atoms with Crippen LogP contribution in [0.3, 0.4) is 0 Å². The predicted octanol–water partition coefficient (Wildman–Crippen LogP) is 2.78. The highest BCUT2D eigenvalue weighted by Crippen LogP contribution is 2.35. The van der Waals surface area contributed by atoms with Crippen molar-refractivity contribution in [2.24, 2.45) is 0 Å². The predicted molar refractivity (Wildman–Crippen MR) is 85.1 cm³/mol. The van der Waals surface area contributed by atoms with E-state index in [1.54, 1.807) is 0 Å². The van der Waals surface area contributed by atoms with Gasteiger partial charge in [-0.25, -0.2) is 8.42 Å². The zero-order valence-electron chi connectivity index (χ0n) is 13.6. The van der Waals surface area contributed by atoms with E-state index in [1.165, 1.54) is 0 Å². The van der Waals surface area contributed by atoms with Crippen molar-refractivity contribution in [2.45, 2.75) is 42.8 Å². The number of likely N-dealkylation sites (tertiary alicyclic amines) is 1. The number of nitrogens with one attached hydrogen (secondary N) is 1. The van der Waals surface area contributed by atoms with Crippen molar-refractivity contribution >= 4 is 21.2 Å². The quantitative estimate of drug-likeness (QED) is 0.623. The molecule has 1 aliphatic rings. The summed E-state index contributed by atoms with van der Waals surface area (Å²) in [5.74, 6) is 0. The molecular formula is C14H18F3N3O4S. The number of hydrogen-bond acceptors (Lipinski definition) is 6. The Hall–Kier alpha value is -1.88. The fraction of sp³-hybridized carbons (Fsp3) is 0.571. The molecule has 0 bridgehead atoms. The van der Waals surface area contributed by atoms with Gasteiger partial charge in [0.15, 0.2) is 0 Å². The van der Waals surface area contributed by atoms with Crippen molar-refractivity contribution < 1.29 is 26.5 Å². The third-order valence-corrected chi connectivity index (χ3v) is 5.57. The van der Waals surface area contributed by atoms with Crippen molar-refractivity contribution in [2.75, 3.05) is 18.4 Å². The van der Waals surface area contributed by atoms with Gasteiger partial charge in [-0.3, -0.25) is 15.0 Å². The first-order chi connectivity index (χ1) is 11.4. The molecule has 140 valence electrons. The second-order valence-corrected chi connectivity index (χ2v) is 8.05. The zero-order chi connectivity index (χ0) is 19.0. The summed E-state index contributed by atoms with van der Waals surface area (Å²) in [6, 6.07) is 2.38. The van der Waals surface area contributed by atoms with E-state index >= 15 is 0 Å². The number of nitro groups is 1. The first kappa shape index (κ1) is 19.4. The van der Waals surface area contributed by atoms with Gasteiger partial charge in [-0.15, -0.1) is 0 Å². The molecule has 0 radical (unpaired) electrons. The molecule has 11 heteroatoms. The van der Waals surface area contributed by atoms with Gasteiger partial charge >= 0.3 is 5.51 Å². The number of halogens is 3. The number of alkyl halides is 3. The second-order valence-electron chi connectivity index (χ2n) is 6.10. The van der Waals surface area contributed by atoms with Gasteiger partial charge < -0.3 is 5.32 Å². The maximum absolute atomic E-state index is 12.6. The Morgan fingerprint density at radius 1 is 1.36 bits per heavy atom. The van der Waals surface area contributed by atoms with Gasteiger partial charge in [-0.05, 0) is 32.4 Å². The van der Waals surface area contributed by atoms with Gasteiger partial charge in [0, 0.05) is 31.2 Å². The summed E-state index contributed by atoms with van der Waals surface area (Å²) >= 11 is 0. The highest BCUT2D eigenvalue weighted by molar-refractivity contribution is 7.92. The van der Waals surface area contributed by atoms with Crippen LogP contribution in [0.15, 0.2) is 23.1 Å². The largest absolute Gasteiger partial charge is 0.501 e. The first-order valence-electron chi connectivity index (χ1n) is 7.54. The van der Waals surface area contributed by atoms with E-state index < -0.39 is 30.9 Å². The third kappa shape index (κ3) is 4.03. The van der Waals surface area contributed by atoms with E-state index in [1.807, 2.05) is 13.8 Å². The third-order valence-electron chi connectivity index (χ3n) is 4.09. The van der Waals surface area contributed by atoms with Crippen molar-refractivity contribution in [3.63, 3.8) is 0 Å². The molecule has 7 nitrogen and oxygen atoms in total. The average Bonchev–Trinajstić information content (AvgIpc) is 2.94. The maximum Gasteiger partial charge on any atom is 0.501 e. The molecule has 1 saturated heterocycles. The summed E-state index contributed by atoms with van der Waals surface area (Å²) in [5.41, 5.74) is -6.21. The monoisotopic (exact) mass is 381 g/mol. The highest BCUT2D eigenvalue weighted by atomic mass is 32.2. The Kier molecular flexibility index (Phi) is 5.28. The van der Waals surface area contributed by atoms with Crippen molar-refractivity contribution in [3.8, 4) is 0 Å². The number of nitro benzene ring substituents is 1. The second kappa shape index (κ2) is 6.79. The number of rotatable bonds is 5. The molecule has 25 heavy (non-hydrogen) atoms. The molecule has 1 aromatic rings. The summed E-state index contributed by atoms with van der Waals surface area (Å²) in [5, 5.41) is 14.1. The van der Waals surface area contributed by atoms with Crippen LogP contribution in [0.1, 0.15) is 20.3 Å². The fourth-order valence-electron chi connectivity index (χ4n) is 2.68. The normalized spacial score (nSPS) is 19.4. The molecule has 0 aromatic heterocycles. The minimum Gasteiger partial charge on any atom is -0.375 e. The molecular weight excluding hydrogens is 363 g/mol. The molecule has 0 aliphatic carbocycles. The van der Waals surface area contributed by atoms with Crippen LogP contribution in [-0.4, -0.2) is 48.9 Å². The SMILES string of the molecule is CC(C)N1CC[C@H](Nc2ccc(S(=O)(=O)C(F)(F)F)cc2[N+](=O)[O-])C1. The van der Waals surface area contributed by atoms with Crippen LogP contribution >= 0.6 is 0 Å². The Bertz CT molecular complexity index is 765. The molecule has 1 aliphatic heterocycles. The lowest BCUT2D eigenvalue weighted by atomic mass is 10.2. The number of sulfone groups is 1. The van der Waals surface area contributed by atoms with Crippen LogP contribution in [0.25, 0.3) is 0 Å². The summed E-state index contributed by atoms with van der Waals surface area (Å²) in [4.78, 5) is 11.3. The van der Waals surface area contributed by atoms with Crippen molar-refractivity contribution in [1.82, 2.24) is 4.90 Å². The Balaban J connectivity index is 2.31. The summed E-state index contributed by atoms with van der Waals surface area (Å²) in [6.45, 7) is 5.46. The maximum atomic E-state index is 12.6. The fourth-order valence-corrected chi connectivity index (χ4v) is 3.46. The number of hydrogen-bond donors (Lipinski definition) is 1. The number of benzene rings is 1. The topological polar surface area (TPSA) is 92.6 Å². The molecule has 1 fully saturated rings. The van der Waals surface area contributed by atoms with E-state index in [4.69, 9.17) is 0 Å². The van der Waals surface area contributed by atoms with Crippen LogP contribution < -0.4 is 5.32 Å². The molecule has 2 rings (SSSR count). The van der Waals surface area contributed by atoms with Crippen LogP contribution in [0.4, 0.5) is 24.5 Å². The molecule has 1 aromatic carbocycles. The average molecular weight is 381 g/mol. The zero-order valence-corrected chi connectivity index (χ0v) is 14.4. The van der Waals surface area contributed by atoms with Crippen LogP contribution in [0.2, 0.25) is 0 Å².